The van der Waals surface area contributed by atoms with Gasteiger partial charge in [-0.1, -0.05) is 12.2 Å². The normalized spacial score (nSPS) is 18.8. The quantitative estimate of drug-likeness (QED) is 0.677. The highest BCUT2D eigenvalue weighted by Crippen LogP contribution is 2.43. The standard InChI is InChI=1S/C14H11NO2/c1-2-7-15-8-6-11-10(12(15)3-1)4-5-13-14(11)17-9-16-13/h1-6,8H,7,9H2. The molecule has 0 fully saturated rings. The molecule has 0 amide bonds. The van der Waals surface area contributed by atoms with Crippen molar-refractivity contribution in [1.82, 2.24) is 4.90 Å². The predicted octanol–water partition coefficient (Wildman–Crippen LogP) is 2.61. The van der Waals surface area contributed by atoms with Gasteiger partial charge in [-0.15, -0.1) is 0 Å². The van der Waals surface area contributed by atoms with Crippen molar-refractivity contribution in [2.24, 2.45) is 0 Å². The van der Waals surface area contributed by atoms with Gasteiger partial charge in [-0.05, 0) is 24.3 Å². The van der Waals surface area contributed by atoms with Crippen LogP contribution in [0.3, 0.4) is 0 Å². The first-order valence-corrected chi connectivity index (χ1v) is 5.68. The van der Waals surface area contributed by atoms with E-state index in [9.17, 15) is 0 Å². The Balaban J connectivity index is 1.97. The van der Waals surface area contributed by atoms with Crippen LogP contribution in [0.5, 0.6) is 11.5 Å². The molecular weight excluding hydrogens is 214 g/mol. The van der Waals surface area contributed by atoms with Gasteiger partial charge in [-0.25, -0.2) is 0 Å². The molecule has 0 radical (unpaired) electrons. The lowest BCUT2D eigenvalue weighted by molar-refractivity contribution is 0.173. The number of ether oxygens (including phenoxy) is 2. The summed E-state index contributed by atoms with van der Waals surface area (Å²) in [6.07, 6.45) is 10.6. The highest BCUT2D eigenvalue weighted by atomic mass is 16.7. The molecule has 0 spiro atoms. The number of rotatable bonds is 0. The molecule has 3 aliphatic heterocycles. The smallest absolute Gasteiger partial charge is 0.231 e. The largest absolute Gasteiger partial charge is 0.454 e. The lowest BCUT2D eigenvalue weighted by Gasteiger charge is -2.29. The van der Waals surface area contributed by atoms with Crippen LogP contribution in [0.4, 0.5) is 0 Å². The second kappa shape index (κ2) is 3.17. The zero-order valence-corrected chi connectivity index (χ0v) is 9.22. The van der Waals surface area contributed by atoms with Crippen LogP contribution in [0.15, 0.2) is 36.6 Å². The average molecular weight is 225 g/mol. The first-order chi connectivity index (χ1) is 8.43. The number of hydrogen-bond donors (Lipinski definition) is 0. The van der Waals surface area contributed by atoms with Gasteiger partial charge in [0.25, 0.3) is 0 Å². The third-order valence-corrected chi connectivity index (χ3v) is 3.28. The Kier molecular flexibility index (Phi) is 1.66. The van der Waals surface area contributed by atoms with Gasteiger partial charge in [0.2, 0.25) is 6.79 Å². The first kappa shape index (κ1) is 8.93. The maximum absolute atomic E-state index is 5.54. The molecule has 3 heteroatoms. The Morgan fingerprint density at radius 3 is 3.18 bits per heavy atom. The number of fused-ring (bicyclic) bond motifs is 5. The minimum atomic E-state index is 0.322. The third-order valence-electron chi connectivity index (χ3n) is 3.28. The summed E-state index contributed by atoms with van der Waals surface area (Å²) in [5, 5.41) is 0. The van der Waals surface area contributed by atoms with E-state index in [2.05, 4.69) is 41.5 Å². The highest BCUT2D eigenvalue weighted by molar-refractivity contribution is 5.83. The molecule has 0 bridgehead atoms. The van der Waals surface area contributed by atoms with Crippen LogP contribution in [0.25, 0.3) is 11.8 Å². The van der Waals surface area contributed by atoms with Gasteiger partial charge >= 0.3 is 0 Å². The van der Waals surface area contributed by atoms with Crippen LogP contribution < -0.4 is 9.47 Å². The minimum absolute atomic E-state index is 0.322. The van der Waals surface area contributed by atoms with Gasteiger partial charge in [-0.2, -0.15) is 0 Å². The summed E-state index contributed by atoms with van der Waals surface area (Å²) >= 11 is 0. The van der Waals surface area contributed by atoms with Gasteiger partial charge in [0.1, 0.15) is 0 Å². The van der Waals surface area contributed by atoms with Crippen molar-refractivity contribution in [3.05, 3.63) is 47.7 Å². The van der Waals surface area contributed by atoms with Gasteiger partial charge < -0.3 is 14.4 Å². The average Bonchev–Trinajstić information content (AvgIpc) is 2.86. The molecule has 1 aromatic carbocycles. The molecule has 1 aromatic rings. The molecule has 3 heterocycles. The molecule has 84 valence electrons. The molecule has 3 aliphatic rings. The lowest BCUT2D eigenvalue weighted by Crippen LogP contribution is -2.20. The molecule has 0 saturated carbocycles. The van der Waals surface area contributed by atoms with Crippen molar-refractivity contribution < 1.29 is 9.47 Å². The summed E-state index contributed by atoms with van der Waals surface area (Å²) in [4.78, 5) is 2.23. The zero-order chi connectivity index (χ0) is 11.2. The van der Waals surface area contributed by atoms with Crippen molar-refractivity contribution in [2.75, 3.05) is 13.3 Å². The van der Waals surface area contributed by atoms with E-state index in [0.717, 1.165) is 23.6 Å². The van der Waals surface area contributed by atoms with E-state index in [1.54, 1.807) is 0 Å². The van der Waals surface area contributed by atoms with E-state index in [4.69, 9.17) is 9.47 Å². The first-order valence-electron chi connectivity index (χ1n) is 5.68. The van der Waals surface area contributed by atoms with Gasteiger partial charge in [0.15, 0.2) is 11.5 Å². The Hall–Kier alpha value is -2.16. The zero-order valence-electron chi connectivity index (χ0n) is 9.22. The monoisotopic (exact) mass is 225 g/mol. The SMILES string of the molecule is C1=CCN2C=Cc3c(ccc4c3OCO4)C2=C1. The van der Waals surface area contributed by atoms with Crippen LogP contribution in [0.1, 0.15) is 11.1 Å². The van der Waals surface area contributed by atoms with Gasteiger partial charge in [0, 0.05) is 29.6 Å². The van der Waals surface area contributed by atoms with Crippen molar-refractivity contribution in [1.29, 1.82) is 0 Å². The fourth-order valence-electron chi connectivity index (χ4n) is 2.46. The maximum Gasteiger partial charge on any atom is 0.231 e. The van der Waals surface area contributed by atoms with E-state index in [1.807, 2.05) is 6.07 Å². The third kappa shape index (κ3) is 1.16. The van der Waals surface area contributed by atoms with Crippen molar-refractivity contribution >= 4 is 11.8 Å². The van der Waals surface area contributed by atoms with Gasteiger partial charge in [-0.3, -0.25) is 0 Å². The molecule has 17 heavy (non-hydrogen) atoms. The van der Waals surface area contributed by atoms with Crippen molar-refractivity contribution in [3.8, 4) is 11.5 Å². The molecule has 0 unspecified atom stereocenters. The van der Waals surface area contributed by atoms with Crippen LogP contribution in [-0.4, -0.2) is 18.2 Å². The van der Waals surface area contributed by atoms with E-state index in [0.29, 0.717) is 6.79 Å². The lowest BCUT2D eigenvalue weighted by atomic mass is 9.97. The van der Waals surface area contributed by atoms with Crippen molar-refractivity contribution in [3.63, 3.8) is 0 Å². The Morgan fingerprint density at radius 2 is 2.18 bits per heavy atom. The highest BCUT2D eigenvalue weighted by Gasteiger charge is 2.25. The molecular formula is C14H11NO2. The summed E-state index contributed by atoms with van der Waals surface area (Å²) < 4.78 is 10.9. The summed E-state index contributed by atoms with van der Waals surface area (Å²) in [5.74, 6) is 1.71. The van der Waals surface area contributed by atoms with Crippen LogP contribution in [-0.2, 0) is 0 Å². The summed E-state index contributed by atoms with van der Waals surface area (Å²) in [6, 6.07) is 4.09. The van der Waals surface area contributed by atoms with E-state index < -0.39 is 0 Å². The number of nitrogens with zero attached hydrogens (tertiary/aromatic N) is 1. The topological polar surface area (TPSA) is 21.7 Å². The second-order valence-corrected chi connectivity index (χ2v) is 4.21. The minimum Gasteiger partial charge on any atom is -0.454 e. The molecule has 0 aromatic heterocycles. The Morgan fingerprint density at radius 1 is 1.18 bits per heavy atom. The fourth-order valence-corrected chi connectivity index (χ4v) is 2.46. The van der Waals surface area contributed by atoms with Crippen LogP contribution in [0.2, 0.25) is 0 Å². The molecule has 4 rings (SSSR count). The summed E-state index contributed by atoms with van der Waals surface area (Å²) in [7, 11) is 0. The second-order valence-electron chi connectivity index (χ2n) is 4.21. The molecule has 0 saturated heterocycles. The molecule has 3 nitrogen and oxygen atoms in total. The van der Waals surface area contributed by atoms with E-state index in [-0.39, 0.29) is 0 Å². The molecule has 0 atom stereocenters. The van der Waals surface area contributed by atoms with Gasteiger partial charge in [0.05, 0.1) is 0 Å². The summed E-state index contributed by atoms with van der Waals surface area (Å²) in [5.41, 5.74) is 3.56. The van der Waals surface area contributed by atoms with E-state index in [1.165, 1.54) is 11.3 Å². The number of benzene rings is 1. The fraction of sp³-hybridized carbons (Fsp3) is 0.143. The predicted molar refractivity (Wildman–Crippen MR) is 65.4 cm³/mol. The van der Waals surface area contributed by atoms with Crippen LogP contribution >= 0.6 is 0 Å². The number of allylic oxidation sites excluding steroid dienone is 2. The van der Waals surface area contributed by atoms with Crippen molar-refractivity contribution in [2.45, 2.75) is 0 Å². The Labute approximate surface area is 99.3 Å². The summed E-state index contributed by atoms with van der Waals surface area (Å²) in [6.45, 7) is 1.25. The Bertz CT molecular complexity index is 584. The molecule has 0 aliphatic carbocycles. The molecule has 0 N–H and O–H groups in total. The number of hydrogen-bond acceptors (Lipinski definition) is 3. The van der Waals surface area contributed by atoms with Crippen LogP contribution in [0, 0.1) is 0 Å². The maximum atomic E-state index is 5.54. The van der Waals surface area contributed by atoms with E-state index >= 15 is 0 Å².